The van der Waals surface area contributed by atoms with Crippen molar-refractivity contribution in [3.8, 4) is 5.69 Å². The molecular formula is C16H15ClN4OS. The van der Waals surface area contributed by atoms with Crippen molar-refractivity contribution in [1.82, 2.24) is 14.8 Å². The molecule has 0 N–H and O–H groups in total. The van der Waals surface area contributed by atoms with E-state index < -0.39 is 0 Å². The van der Waals surface area contributed by atoms with Crippen LogP contribution in [0, 0.1) is 6.92 Å². The lowest BCUT2D eigenvalue weighted by molar-refractivity contribution is 0.793. The molecule has 0 saturated heterocycles. The van der Waals surface area contributed by atoms with Gasteiger partial charge in [0.05, 0.1) is 24.1 Å². The van der Waals surface area contributed by atoms with Crippen LogP contribution in [0.3, 0.4) is 0 Å². The molecule has 0 atom stereocenters. The van der Waals surface area contributed by atoms with E-state index in [1.165, 1.54) is 4.68 Å². The second kappa shape index (κ2) is 6.52. The molecule has 3 rings (SSSR count). The van der Waals surface area contributed by atoms with Gasteiger partial charge in [-0.3, -0.25) is 4.79 Å². The molecule has 1 aromatic carbocycles. The molecular weight excluding hydrogens is 332 g/mol. The van der Waals surface area contributed by atoms with Crippen LogP contribution < -0.4 is 10.5 Å². The number of nitrogens with zero attached hydrogens (tertiary/aromatic N) is 4. The number of para-hydroxylation sites is 1. The summed E-state index contributed by atoms with van der Waals surface area (Å²) in [5.74, 6) is 0. The molecule has 7 heteroatoms. The number of hydrogen-bond donors (Lipinski definition) is 0. The minimum Gasteiger partial charge on any atom is -0.365 e. The normalized spacial score (nSPS) is 10.7. The third-order valence-corrected chi connectivity index (χ3v) is 4.66. The second-order valence-corrected chi connectivity index (χ2v) is 6.46. The summed E-state index contributed by atoms with van der Waals surface area (Å²) in [6.07, 6.45) is 1.61. The molecule has 118 valence electrons. The van der Waals surface area contributed by atoms with Gasteiger partial charge in [0.25, 0.3) is 5.56 Å². The summed E-state index contributed by atoms with van der Waals surface area (Å²) in [5.41, 5.74) is 1.93. The van der Waals surface area contributed by atoms with Crippen LogP contribution in [0.5, 0.6) is 0 Å². The van der Waals surface area contributed by atoms with Crippen LogP contribution in [-0.4, -0.2) is 21.8 Å². The molecule has 0 radical (unpaired) electrons. The van der Waals surface area contributed by atoms with Crippen LogP contribution in [0.15, 0.2) is 46.7 Å². The summed E-state index contributed by atoms with van der Waals surface area (Å²) in [7, 11) is 1.87. The smallest absolute Gasteiger partial charge is 0.292 e. The van der Waals surface area contributed by atoms with E-state index in [2.05, 4.69) is 10.1 Å². The topological polar surface area (TPSA) is 51.0 Å². The maximum Gasteiger partial charge on any atom is 0.292 e. The Morgan fingerprint density at radius 3 is 2.70 bits per heavy atom. The fourth-order valence-corrected chi connectivity index (χ4v) is 3.30. The Morgan fingerprint density at radius 1 is 1.30 bits per heavy atom. The van der Waals surface area contributed by atoms with Crippen LogP contribution in [-0.2, 0) is 6.54 Å². The quantitative estimate of drug-likeness (QED) is 0.727. The van der Waals surface area contributed by atoms with Gasteiger partial charge in [0.2, 0.25) is 0 Å². The predicted molar refractivity (Wildman–Crippen MR) is 93.8 cm³/mol. The van der Waals surface area contributed by atoms with Gasteiger partial charge in [0.1, 0.15) is 10.0 Å². The number of hydrogen-bond acceptors (Lipinski definition) is 5. The molecule has 0 aliphatic rings. The van der Waals surface area contributed by atoms with Crippen molar-refractivity contribution in [2.24, 2.45) is 0 Å². The minimum absolute atomic E-state index is 0.152. The Balaban J connectivity index is 1.92. The first-order valence-electron chi connectivity index (χ1n) is 7.01. The monoisotopic (exact) mass is 346 g/mol. The Hall–Kier alpha value is -2.18. The number of aromatic nitrogens is 3. The van der Waals surface area contributed by atoms with Crippen molar-refractivity contribution >= 4 is 28.6 Å². The zero-order valence-corrected chi connectivity index (χ0v) is 14.3. The molecule has 0 saturated carbocycles. The average molecular weight is 347 g/mol. The SMILES string of the molecule is Cc1csc(CN(C)c2cnn(-c3ccccc3)c(=O)c2Cl)n1. The molecule has 2 aromatic heterocycles. The van der Waals surface area contributed by atoms with Crippen molar-refractivity contribution in [3.63, 3.8) is 0 Å². The Morgan fingerprint density at radius 2 is 2.04 bits per heavy atom. The largest absolute Gasteiger partial charge is 0.365 e. The summed E-state index contributed by atoms with van der Waals surface area (Å²) in [6, 6.07) is 9.21. The van der Waals surface area contributed by atoms with Crippen molar-refractivity contribution in [1.29, 1.82) is 0 Å². The maximum atomic E-state index is 12.5. The first-order chi connectivity index (χ1) is 11.1. The van der Waals surface area contributed by atoms with E-state index in [4.69, 9.17) is 11.6 Å². The number of rotatable bonds is 4. The molecule has 0 bridgehead atoms. The first kappa shape index (κ1) is 15.7. The van der Waals surface area contributed by atoms with Gasteiger partial charge in [-0.25, -0.2) is 4.98 Å². The molecule has 5 nitrogen and oxygen atoms in total. The number of halogens is 1. The van der Waals surface area contributed by atoms with Crippen molar-refractivity contribution in [3.05, 3.63) is 68.0 Å². The summed E-state index contributed by atoms with van der Waals surface area (Å²) < 4.78 is 1.30. The molecule has 2 heterocycles. The molecule has 0 aliphatic heterocycles. The third-order valence-electron chi connectivity index (χ3n) is 3.35. The van der Waals surface area contributed by atoms with Crippen molar-refractivity contribution < 1.29 is 0 Å². The highest BCUT2D eigenvalue weighted by atomic mass is 35.5. The van der Waals surface area contributed by atoms with Gasteiger partial charge in [0, 0.05) is 18.1 Å². The fourth-order valence-electron chi connectivity index (χ4n) is 2.21. The summed E-state index contributed by atoms with van der Waals surface area (Å²) in [4.78, 5) is 18.8. The summed E-state index contributed by atoms with van der Waals surface area (Å²) >= 11 is 7.87. The van der Waals surface area contributed by atoms with E-state index in [0.717, 1.165) is 10.7 Å². The maximum absolute atomic E-state index is 12.5. The van der Waals surface area contributed by atoms with E-state index in [1.54, 1.807) is 17.5 Å². The molecule has 0 unspecified atom stereocenters. The number of anilines is 1. The number of benzene rings is 1. The van der Waals surface area contributed by atoms with Crippen molar-refractivity contribution in [2.75, 3.05) is 11.9 Å². The zero-order chi connectivity index (χ0) is 16.4. The number of aryl methyl sites for hydroxylation is 1. The van der Waals surface area contributed by atoms with E-state index in [1.807, 2.05) is 54.6 Å². The van der Waals surface area contributed by atoms with E-state index in [0.29, 0.717) is 17.9 Å². The number of thiazole rings is 1. The van der Waals surface area contributed by atoms with Crippen LogP contribution in [0.4, 0.5) is 5.69 Å². The predicted octanol–water partition coefficient (Wildman–Crippen LogP) is 3.29. The Labute approximate surface area is 142 Å². The van der Waals surface area contributed by atoms with Crippen molar-refractivity contribution in [2.45, 2.75) is 13.5 Å². The molecule has 0 fully saturated rings. The summed E-state index contributed by atoms with van der Waals surface area (Å²) in [5, 5.41) is 7.35. The van der Waals surface area contributed by atoms with E-state index >= 15 is 0 Å². The minimum atomic E-state index is -0.336. The van der Waals surface area contributed by atoms with Crippen LogP contribution in [0.2, 0.25) is 5.02 Å². The van der Waals surface area contributed by atoms with E-state index in [9.17, 15) is 4.79 Å². The zero-order valence-electron chi connectivity index (χ0n) is 12.7. The van der Waals surface area contributed by atoms with Gasteiger partial charge in [0.15, 0.2) is 0 Å². The standard InChI is InChI=1S/C16H15ClN4OS/c1-11-10-23-14(19-11)9-20(2)13-8-18-21(16(22)15(13)17)12-6-4-3-5-7-12/h3-8,10H,9H2,1-2H3. The molecule has 3 aromatic rings. The lowest BCUT2D eigenvalue weighted by Crippen LogP contribution is -2.26. The van der Waals surface area contributed by atoms with Gasteiger partial charge in [-0.2, -0.15) is 9.78 Å². The van der Waals surface area contributed by atoms with Gasteiger partial charge in [-0.05, 0) is 19.1 Å². The lowest BCUT2D eigenvalue weighted by atomic mass is 10.3. The average Bonchev–Trinajstić information content (AvgIpc) is 2.95. The lowest BCUT2D eigenvalue weighted by Gasteiger charge is -2.19. The molecule has 0 spiro atoms. The molecule has 0 aliphatic carbocycles. The van der Waals surface area contributed by atoms with Gasteiger partial charge < -0.3 is 4.90 Å². The highest BCUT2D eigenvalue weighted by Crippen LogP contribution is 2.23. The Kier molecular flexibility index (Phi) is 4.45. The highest BCUT2D eigenvalue weighted by Gasteiger charge is 2.15. The van der Waals surface area contributed by atoms with Gasteiger partial charge in [-0.1, -0.05) is 29.8 Å². The highest BCUT2D eigenvalue weighted by molar-refractivity contribution is 7.09. The molecule has 0 amide bonds. The van der Waals surface area contributed by atoms with Crippen LogP contribution in [0.25, 0.3) is 5.69 Å². The molecule has 23 heavy (non-hydrogen) atoms. The van der Waals surface area contributed by atoms with Crippen LogP contribution >= 0.6 is 22.9 Å². The van der Waals surface area contributed by atoms with E-state index in [-0.39, 0.29) is 10.6 Å². The van der Waals surface area contributed by atoms with Gasteiger partial charge >= 0.3 is 0 Å². The second-order valence-electron chi connectivity index (χ2n) is 5.13. The Bertz CT molecular complexity index is 875. The fraction of sp³-hybridized carbons (Fsp3) is 0.188. The van der Waals surface area contributed by atoms with Gasteiger partial charge in [-0.15, -0.1) is 11.3 Å². The first-order valence-corrected chi connectivity index (χ1v) is 8.27. The van der Waals surface area contributed by atoms with Crippen LogP contribution in [0.1, 0.15) is 10.7 Å². The summed E-state index contributed by atoms with van der Waals surface area (Å²) in [6.45, 7) is 2.53. The third kappa shape index (κ3) is 3.28.